The van der Waals surface area contributed by atoms with Gasteiger partial charge in [0.05, 0.1) is 11.1 Å². The highest BCUT2D eigenvalue weighted by Crippen LogP contribution is 2.22. The number of carbonyl (C=O) groups excluding carboxylic acids is 1. The molecule has 0 radical (unpaired) electrons. The molecule has 1 N–H and O–H groups in total. The summed E-state index contributed by atoms with van der Waals surface area (Å²) in [7, 11) is 0. The molecule has 1 heterocycles. The SMILES string of the molecule is Cc1ccc(O)c(C(=O)c2cnc(-c3ccccc3)nc2)c1. The van der Waals surface area contributed by atoms with Crippen molar-refractivity contribution >= 4 is 5.78 Å². The van der Waals surface area contributed by atoms with E-state index in [0.29, 0.717) is 11.4 Å². The van der Waals surface area contributed by atoms with Crippen LogP contribution in [-0.4, -0.2) is 20.9 Å². The molecule has 0 spiro atoms. The fourth-order valence-corrected chi connectivity index (χ4v) is 2.17. The zero-order valence-electron chi connectivity index (χ0n) is 12.0. The van der Waals surface area contributed by atoms with Crippen LogP contribution >= 0.6 is 0 Å². The van der Waals surface area contributed by atoms with Crippen LogP contribution in [0.2, 0.25) is 0 Å². The van der Waals surface area contributed by atoms with Gasteiger partial charge in [0, 0.05) is 18.0 Å². The van der Waals surface area contributed by atoms with Crippen molar-refractivity contribution in [2.24, 2.45) is 0 Å². The number of hydrogen-bond acceptors (Lipinski definition) is 4. The molecule has 4 nitrogen and oxygen atoms in total. The lowest BCUT2D eigenvalue weighted by molar-refractivity contribution is 0.103. The number of nitrogens with zero attached hydrogens (tertiary/aromatic N) is 2. The number of aromatic nitrogens is 2. The number of rotatable bonds is 3. The summed E-state index contributed by atoms with van der Waals surface area (Å²) in [6.45, 7) is 1.87. The zero-order chi connectivity index (χ0) is 15.5. The van der Waals surface area contributed by atoms with E-state index in [-0.39, 0.29) is 17.1 Å². The van der Waals surface area contributed by atoms with Gasteiger partial charge in [0.2, 0.25) is 0 Å². The summed E-state index contributed by atoms with van der Waals surface area (Å²) < 4.78 is 0. The highest BCUT2D eigenvalue weighted by molar-refractivity contribution is 6.10. The molecular weight excluding hydrogens is 276 g/mol. The summed E-state index contributed by atoms with van der Waals surface area (Å²) in [6, 6.07) is 14.5. The first kappa shape index (κ1) is 13.9. The van der Waals surface area contributed by atoms with E-state index in [9.17, 15) is 9.90 Å². The van der Waals surface area contributed by atoms with Crippen molar-refractivity contribution in [3.05, 3.63) is 77.6 Å². The lowest BCUT2D eigenvalue weighted by Crippen LogP contribution is -2.04. The number of hydrogen-bond donors (Lipinski definition) is 1. The van der Waals surface area contributed by atoms with E-state index in [1.807, 2.05) is 37.3 Å². The lowest BCUT2D eigenvalue weighted by atomic mass is 10.0. The van der Waals surface area contributed by atoms with Gasteiger partial charge in [0.25, 0.3) is 0 Å². The van der Waals surface area contributed by atoms with Gasteiger partial charge in [-0.1, -0.05) is 42.0 Å². The van der Waals surface area contributed by atoms with E-state index in [4.69, 9.17) is 0 Å². The zero-order valence-corrected chi connectivity index (χ0v) is 12.0. The quantitative estimate of drug-likeness (QED) is 0.751. The monoisotopic (exact) mass is 290 g/mol. The van der Waals surface area contributed by atoms with Crippen LogP contribution in [0.1, 0.15) is 21.5 Å². The summed E-state index contributed by atoms with van der Waals surface area (Å²) in [6.07, 6.45) is 2.97. The minimum Gasteiger partial charge on any atom is -0.507 e. The van der Waals surface area contributed by atoms with E-state index in [0.717, 1.165) is 11.1 Å². The Bertz CT molecular complexity index is 812. The number of aromatic hydroxyl groups is 1. The van der Waals surface area contributed by atoms with Crippen molar-refractivity contribution < 1.29 is 9.90 Å². The number of aryl methyl sites for hydroxylation is 1. The van der Waals surface area contributed by atoms with Crippen LogP contribution in [0.5, 0.6) is 5.75 Å². The third kappa shape index (κ3) is 2.72. The molecule has 0 amide bonds. The molecule has 1 aromatic heterocycles. The molecule has 108 valence electrons. The Hall–Kier alpha value is -3.01. The molecule has 0 bridgehead atoms. The van der Waals surface area contributed by atoms with Crippen molar-refractivity contribution in [3.8, 4) is 17.1 Å². The van der Waals surface area contributed by atoms with Crippen LogP contribution in [-0.2, 0) is 0 Å². The number of ketones is 1. The van der Waals surface area contributed by atoms with Gasteiger partial charge >= 0.3 is 0 Å². The Kier molecular flexibility index (Phi) is 3.66. The first-order valence-electron chi connectivity index (χ1n) is 6.87. The molecule has 0 aliphatic rings. The third-order valence-corrected chi connectivity index (χ3v) is 3.34. The molecule has 0 atom stereocenters. The van der Waals surface area contributed by atoms with Crippen LogP contribution in [0.25, 0.3) is 11.4 Å². The van der Waals surface area contributed by atoms with Crippen LogP contribution in [0.4, 0.5) is 0 Å². The summed E-state index contributed by atoms with van der Waals surface area (Å²) in [5.41, 5.74) is 2.40. The fourth-order valence-electron chi connectivity index (χ4n) is 2.17. The van der Waals surface area contributed by atoms with Gasteiger partial charge in [-0.15, -0.1) is 0 Å². The Morgan fingerprint density at radius 2 is 1.68 bits per heavy atom. The molecule has 0 saturated carbocycles. The van der Waals surface area contributed by atoms with Gasteiger partial charge in [-0.05, 0) is 19.1 Å². The molecule has 0 fully saturated rings. The summed E-state index contributed by atoms with van der Waals surface area (Å²) in [4.78, 5) is 20.9. The van der Waals surface area contributed by atoms with Gasteiger partial charge in [-0.3, -0.25) is 4.79 Å². The molecule has 4 heteroatoms. The Morgan fingerprint density at radius 1 is 1.00 bits per heavy atom. The van der Waals surface area contributed by atoms with E-state index in [1.165, 1.54) is 18.5 Å². The van der Waals surface area contributed by atoms with Gasteiger partial charge in [-0.25, -0.2) is 9.97 Å². The predicted octanol–water partition coefficient (Wildman–Crippen LogP) is 3.39. The number of carbonyl (C=O) groups is 1. The first-order valence-corrected chi connectivity index (χ1v) is 6.87. The molecule has 3 rings (SSSR count). The van der Waals surface area contributed by atoms with Crippen molar-refractivity contribution in [1.29, 1.82) is 0 Å². The second-order valence-electron chi connectivity index (χ2n) is 5.01. The predicted molar refractivity (Wildman–Crippen MR) is 83.7 cm³/mol. The summed E-state index contributed by atoms with van der Waals surface area (Å²) in [5, 5.41) is 9.84. The van der Waals surface area contributed by atoms with Crippen molar-refractivity contribution in [1.82, 2.24) is 9.97 Å². The smallest absolute Gasteiger partial charge is 0.199 e. The maximum Gasteiger partial charge on any atom is 0.199 e. The average molecular weight is 290 g/mol. The first-order chi connectivity index (χ1) is 10.6. The second kappa shape index (κ2) is 5.77. The molecular formula is C18H14N2O2. The van der Waals surface area contributed by atoms with Gasteiger partial charge in [-0.2, -0.15) is 0 Å². The molecule has 0 saturated heterocycles. The van der Waals surface area contributed by atoms with Gasteiger partial charge in [0.15, 0.2) is 11.6 Å². The Balaban J connectivity index is 1.93. The van der Waals surface area contributed by atoms with Crippen LogP contribution in [0.15, 0.2) is 60.9 Å². The standard InChI is InChI=1S/C18H14N2O2/c1-12-7-8-16(21)15(9-12)17(22)14-10-19-18(20-11-14)13-5-3-2-4-6-13/h2-11,21H,1H3. The number of phenolic OH excluding ortho intramolecular Hbond substituents is 1. The topological polar surface area (TPSA) is 63.1 Å². The molecule has 0 aliphatic carbocycles. The van der Waals surface area contributed by atoms with E-state index < -0.39 is 0 Å². The average Bonchev–Trinajstić information content (AvgIpc) is 2.57. The maximum atomic E-state index is 12.4. The van der Waals surface area contributed by atoms with Gasteiger partial charge < -0.3 is 5.11 Å². The second-order valence-corrected chi connectivity index (χ2v) is 5.01. The van der Waals surface area contributed by atoms with Crippen LogP contribution < -0.4 is 0 Å². The fraction of sp³-hybridized carbons (Fsp3) is 0.0556. The molecule has 2 aromatic carbocycles. The highest BCUT2D eigenvalue weighted by Gasteiger charge is 2.15. The minimum atomic E-state index is -0.291. The molecule has 0 unspecified atom stereocenters. The maximum absolute atomic E-state index is 12.4. The van der Waals surface area contributed by atoms with Crippen molar-refractivity contribution in [2.45, 2.75) is 6.92 Å². The highest BCUT2D eigenvalue weighted by atomic mass is 16.3. The summed E-state index contributed by atoms with van der Waals surface area (Å²) in [5.74, 6) is 0.231. The largest absolute Gasteiger partial charge is 0.507 e. The normalized spacial score (nSPS) is 10.4. The van der Waals surface area contributed by atoms with Crippen molar-refractivity contribution in [3.63, 3.8) is 0 Å². The Morgan fingerprint density at radius 3 is 2.36 bits per heavy atom. The van der Waals surface area contributed by atoms with E-state index >= 15 is 0 Å². The lowest BCUT2D eigenvalue weighted by Gasteiger charge is -2.05. The molecule has 22 heavy (non-hydrogen) atoms. The molecule has 0 aliphatic heterocycles. The summed E-state index contributed by atoms with van der Waals surface area (Å²) >= 11 is 0. The van der Waals surface area contributed by atoms with Crippen molar-refractivity contribution in [2.75, 3.05) is 0 Å². The van der Waals surface area contributed by atoms with Gasteiger partial charge in [0.1, 0.15) is 5.75 Å². The third-order valence-electron chi connectivity index (χ3n) is 3.34. The Labute approximate surface area is 128 Å². The minimum absolute atomic E-state index is 0.0391. The van der Waals surface area contributed by atoms with E-state index in [2.05, 4.69) is 9.97 Å². The number of phenols is 1. The molecule has 3 aromatic rings. The van der Waals surface area contributed by atoms with Crippen LogP contribution in [0, 0.1) is 6.92 Å². The number of benzene rings is 2. The van der Waals surface area contributed by atoms with E-state index in [1.54, 1.807) is 12.1 Å². The van der Waals surface area contributed by atoms with Crippen LogP contribution in [0.3, 0.4) is 0 Å².